The normalized spacial score (nSPS) is 24.1. The number of para-hydroxylation sites is 1. The van der Waals surface area contributed by atoms with Crippen molar-refractivity contribution in [1.29, 1.82) is 0 Å². The van der Waals surface area contributed by atoms with Crippen LogP contribution in [0.25, 0.3) is 0 Å². The van der Waals surface area contributed by atoms with Crippen LogP contribution in [0, 0.1) is 0 Å². The van der Waals surface area contributed by atoms with Crippen LogP contribution in [-0.2, 0) is 6.42 Å². The second kappa shape index (κ2) is 2.91. The first-order valence-corrected chi connectivity index (χ1v) is 5.48. The van der Waals surface area contributed by atoms with Gasteiger partial charge in [-0.3, -0.25) is 0 Å². The molecule has 0 bridgehead atoms. The van der Waals surface area contributed by atoms with Gasteiger partial charge in [0.1, 0.15) is 0 Å². The SMILES string of the molecule is C[C@@H]1CN2CCCc3cccc(c32)N1. The molecule has 1 atom stereocenters. The van der Waals surface area contributed by atoms with Crippen LogP contribution >= 0.6 is 0 Å². The Hall–Kier alpha value is -1.18. The van der Waals surface area contributed by atoms with E-state index in [1.807, 2.05) is 0 Å². The molecule has 2 aliphatic heterocycles. The number of aryl methyl sites for hydroxylation is 1. The van der Waals surface area contributed by atoms with Gasteiger partial charge in [0.15, 0.2) is 0 Å². The minimum absolute atomic E-state index is 0.579. The average molecular weight is 188 g/mol. The molecule has 2 nitrogen and oxygen atoms in total. The Morgan fingerprint density at radius 2 is 2.36 bits per heavy atom. The van der Waals surface area contributed by atoms with E-state index in [0.29, 0.717) is 6.04 Å². The lowest BCUT2D eigenvalue weighted by atomic mass is 9.97. The molecular weight excluding hydrogens is 172 g/mol. The van der Waals surface area contributed by atoms with Crippen molar-refractivity contribution in [1.82, 2.24) is 0 Å². The Balaban J connectivity index is 2.14. The Labute approximate surface area is 84.9 Å². The third kappa shape index (κ3) is 1.10. The number of nitrogens with zero attached hydrogens (tertiary/aromatic N) is 1. The molecule has 1 aromatic rings. The van der Waals surface area contributed by atoms with Crippen molar-refractivity contribution in [2.24, 2.45) is 0 Å². The lowest BCUT2D eigenvalue weighted by molar-refractivity contribution is 0.636. The van der Waals surface area contributed by atoms with Gasteiger partial charge in [-0.2, -0.15) is 0 Å². The third-order valence-corrected chi connectivity index (χ3v) is 3.21. The van der Waals surface area contributed by atoms with E-state index < -0.39 is 0 Å². The second-order valence-electron chi connectivity index (χ2n) is 4.41. The summed E-state index contributed by atoms with van der Waals surface area (Å²) in [6.45, 7) is 4.64. The first-order valence-electron chi connectivity index (χ1n) is 5.48. The molecule has 0 unspecified atom stereocenters. The molecule has 0 saturated carbocycles. The van der Waals surface area contributed by atoms with Crippen molar-refractivity contribution in [3.05, 3.63) is 23.8 Å². The van der Waals surface area contributed by atoms with Gasteiger partial charge in [0.2, 0.25) is 0 Å². The summed E-state index contributed by atoms with van der Waals surface area (Å²) >= 11 is 0. The highest BCUT2D eigenvalue weighted by atomic mass is 15.2. The van der Waals surface area contributed by atoms with E-state index in [9.17, 15) is 0 Å². The quantitative estimate of drug-likeness (QED) is 0.671. The van der Waals surface area contributed by atoms with E-state index in [4.69, 9.17) is 0 Å². The smallest absolute Gasteiger partial charge is 0.0635 e. The average Bonchev–Trinajstić information content (AvgIpc) is 2.18. The van der Waals surface area contributed by atoms with E-state index in [0.717, 1.165) is 6.54 Å². The number of anilines is 2. The van der Waals surface area contributed by atoms with Crippen molar-refractivity contribution in [2.45, 2.75) is 25.8 Å². The molecule has 0 aliphatic carbocycles. The van der Waals surface area contributed by atoms with Gasteiger partial charge < -0.3 is 10.2 Å². The fourth-order valence-corrected chi connectivity index (χ4v) is 2.68. The Morgan fingerprint density at radius 1 is 1.43 bits per heavy atom. The zero-order chi connectivity index (χ0) is 9.54. The van der Waals surface area contributed by atoms with Gasteiger partial charge in [-0.05, 0) is 31.4 Å². The maximum Gasteiger partial charge on any atom is 0.0635 e. The Morgan fingerprint density at radius 3 is 3.29 bits per heavy atom. The summed E-state index contributed by atoms with van der Waals surface area (Å²) < 4.78 is 0. The summed E-state index contributed by atoms with van der Waals surface area (Å²) in [5, 5.41) is 3.56. The van der Waals surface area contributed by atoms with Gasteiger partial charge in [-0.15, -0.1) is 0 Å². The third-order valence-electron chi connectivity index (χ3n) is 3.21. The molecule has 0 saturated heterocycles. The standard InChI is InChI=1S/C12H16N2/c1-9-8-14-7-3-5-10-4-2-6-11(13-9)12(10)14/h2,4,6,9,13H,3,5,7-8H2,1H3/t9-/m1/s1. The maximum absolute atomic E-state index is 3.56. The van der Waals surface area contributed by atoms with Crippen molar-refractivity contribution in [2.75, 3.05) is 23.3 Å². The van der Waals surface area contributed by atoms with Crippen LogP contribution in [0.4, 0.5) is 11.4 Å². The molecular formula is C12H16N2. The maximum atomic E-state index is 3.56. The zero-order valence-corrected chi connectivity index (χ0v) is 8.59. The topological polar surface area (TPSA) is 15.3 Å². The first-order chi connectivity index (χ1) is 6.84. The van der Waals surface area contributed by atoms with Crippen molar-refractivity contribution >= 4 is 11.4 Å². The van der Waals surface area contributed by atoms with Gasteiger partial charge >= 0.3 is 0 Å². The number of benzene rings is 1. The monoisotopic (exact) mass is 188 g/mol. The molecule has 0 spiro atoms. The molecule has 0 fully saturated rings. The fraction of sp³-hybridized carbons (Fsp3) is 0.500. The minimum Gasteiger partial charge on any atom is -0.379 e. The van der Waals surface area contributed by atoms with Gasteiger partial charge in [0, 0.05) is 19.1 Å². The van der Waals surface area contributed by atoms with Crippen molar-refractivity contribution in [3.8, 4) is 0 Å². The van der Waals surface area contributed by atoms with Gasteiger partial charge in [0.25, 0.3) is 0 Å². The highest BCUT2D eigenvalue weighted by Gasteiger charge is 2.25. The summed E-state index contributed by atoms with van der Waals surface area (Å²) in [4.78, 5) is 2.54. The summed E-state index contributed by atoms with van der Waals surface area (Å²) in [7, 11) is 0. The van der Waals surface area contributed by atoms with Crippen LogP contribution in [-0.4, -0.2) is 19.1 Å². The molecule has 0 radical (unpaired) electrons. The van der Waals surface area contributed by atoms with Crippen molar-refractivity contribution < 1.29 is 0 Å². The molecule has 1 N–H and O–H groups in total. The molecule has 0 amide bonds. The summed E-state index contributed by atoms with van der Waals surface area (Å²) in [5.41, 5.74) is 4.32. The summed E-state index contributed by atoms with van der Waals surface area (Å²) in [6.07, 6.45) is 2.55. The summed E-state index contributed by atoms with van der Waals surface area (Å²) in [6, 6.07) is 7.22. The lowest BCUT2D eigenvalue weighted by Crippen LogP contribution is -2.42. The van der Waals surface area contributed by atoms with Crippen LogP contribution in [0.5, 0.6) is 0 Å². The predicted octanol–water partition coefficient (Wildman–Crippen LogP) is 2.25. The van der Waals surface area contributed by atoms with E-state index in [1.165, 1.54) is 36.3 Å². The first kappa shape index (κ1) is 8.16. The summed E-state index contributed by atoms with van der Waals surface area (Å²) in [5.74, 6) is 0. The minimum atomic E-state index is 0.579. The molecule has 14 heavy (non-hydrogen) atoms. The number of nitrogens with one attached hydrogen (secondary N) is 1. The molecule has 2 heteroatoms. The Kier molecular flexibility index (Phi) is 1.69. The highest BCUT2D eigenvalue weighted by Crippen LogP contribution is 2.37. The van der Waals surface area contributed by atoms with E-state index in [2.05, 4.69) is 35.3 Å². The molecule has 1 aromatic carbocycles. The number of hydrogen-bond donors (Lipinski definition) is 1. The molecule has 2 heterocycles. The van der Waals surface area contributed by atoms with Gasteiger partial charge in [-0.1, -0.05) is 12.1 Å². The second-order valence-corrected chi connectivity index (χ2v) is 4.41. The zero-order valence-electron chi connectivity index (χ0n) is 8.59. The number of hydrogen-bond acceptors (Lipinski definition) is 2. The predicted molar refractivity (Wildman–Crippen MR) is 60.1 cm³/mol. The number of rotatable bonds is 0. The van der Waals surface area contributed by atoms with Crippen LogP contribution in [0.3, 0.4) is 0 Å². The van der Waals surface area contributed by atoms with Crippen LogP contribution < -0.4 is 10.2 Å². The molecule has 2 aliphatic rings. The fourth-order valence-electron chi connectivity index (χ4n) is 2.68. The van der Waals surface area contributed by atoms with Crippen LogP contribution in [0.1, 0.15) is 18.9 Å². The van der Waals surface area contributed by atoms with Crippen LogP contribution in [0.2, 0.25) is 0 Å². The van der Waals surface area contributed by atoms with E-state index in [-0.39, 0.29) is 0 Å². The Bertz CT molecular complexity index is 359. The molecule has 3 rings (SSSR count). The lowest BCUT2D eigenvalue weighted by Gasteiger charge is -2.40. The van der Waals surface area contributed by atoms with E-state index >= 15 is 0 Å². The van der Waals surface area contributed by atoms with E-state index in [1.54, 1.807) is 0 Å². The van der Waals surface area contributed by atoms with Crippen LogP contribution in [0.15, 0.2) is 18.2 Å². The van der Waals surface area contributed by atoms with Gasteiger partial charge in [0.05, 0.1) is 11.4 Å². The molecule has 0 aromatic heterocycles. The molecule has 74 valence electrons. The largest absolute Gasteiger partial charge is 0.379 e. The van der Waals surface area contributed by atoms with Crippen molar-refractivity contribution in [3.63, 3.8) is 0 Å². The van der Waals surface area contributed by atoms with Gasteiger partial charge in [-0.25, -0.2) is 0 Å². The highest BCUT2D eigenvalue weighted by molar-refractivity contribution is 5.76.